The summed E-state index contributed by atoms with van der Waals surface area (Å²) in [7, 11) is -3.56. The van der Waals surface area contributed by atoms with E-state index in [9.17, 15) is 13.2 Å². The van der Waals surface area contributed by atoms with Gasteiger partial charge in [-0.2, -0.15) is 0 Å². The summed E-state index contributed by atoms with van der Waals surface area (Å²) >= 11 is 1.47. The molecule has 0 radical (unpaired) electrons. The van der Waals surface area contributed by atoms with Gasteiger partial charge in [0.05, 0.1) is 4.90 Å². The van der Waals surface area contributed by atoms with E-state index in [0.29, 0.717) is 30.4 Å². The third-order valence-electron chi connectivity index (χ3n) is 4.79. The number of benzene rings is 2. The number of amides is 1. The molecule has 0 aliphatic rings. The van der Waals surface area contributed by atoms with Gasteiger partial charge >= 0.3 is 0 Å². The zero-order chi connectivity index (χ0) is 24.6. The molecule has 0 bridgehead atoms. The van der Waals surface area contributed by atoms with Crippen molar-refractivity contribution in [1.82, 2.24) is 14.7 Å². The second-order valence-corrected chi connectivity index (χ2v) is 10.9. The van der Waals surface area contributed by atoms with Gasteiger partial charge in [0.15, 0.2) is 0 Å². The van der Waals surface area contributed by atoms with Gasteiger partial charge in [-0.25, -0.2) is 23.1 Å². The van der Waals surface area contributed by atoms with Gasteiger partial charge in [-0.3, -0.25) is 4.79 Å². The summed E-state index contributed by atoms with van der Waals surface area (Å²) < 4.78 is 27.9. The minimum absolute atomic E-state index is 0.239. The largest absolute Gasteiger partial charge is 0.323 e. The molecular formula is C25H28N4O3S2. The van der Waals surface area contributed by atoms with Crippen molar-refractivity contribution in [2.45, 2.75) is 41.5 Å². The van der Waals surface area contributed by atoms with E-state index < -0.39 is 10.0 Å². The third kappa shape index (κ3) is 7.79. The summed E-state index contributed by atoms with van der Waals surface area (Å²) in [6.45, 7) is 7.96. The summed E-state index contributed by atoms with van der Waals surface area (Å²) in [6.07, 6.45) is 4.11. The van der Waals surface area contributed by atoms with E-state index in [1.54, 1.807) is 24.4 Å². The average Bonchev–Trinajstić information content (AvgIpc) is 2.80. The van der Waals surface area contributed by atoms with Gasteiger partial charge in [0.25, 0.3) is 0 Å². The molecule has 2 aromatic carbocycles. The number of hydrogen-bond donors (Lipinski definition) is 2. The third-order valence-corrected chi connectivity index (χ3v) is 7.20. The van der Waals surface area contributed by atoms with Crippen LogP contribution in [0.15, 0.2) is 88.3 Å². The van der Waals surface area contributed by atoms with Crippen molar-refractivity contribution in [2.24, 2.45) is 5.92 Å². The summed E-state index contributed by atoms with van der Waals surface area (Å²) in [5.74, 6) is 0.763. The maximum absolute atomic E-state index is 12.6. The average molecular weight is 497 g/mol. The van der Waals surface area contributed by atoms with Crippen LogP contribution in [0.2, 0.25) is 0 Å². The van der Waals surface area contributed by atoms with Crippen molar-refractivity contribution in [1.29, 1.82) is 0 Å². The fraction of sp³-hybridized carbons (Fsp3) is 0.240. The Morgan fingerprint density at radius 3 is 2.62 bits per heavy atom. The Morgan fingerprint density at radius 2 is 1.91 bits per heavy atom. The molecule has 0 saturated heterocycles. The number of nitrogens with one attached hydrogen (secondary N) is 2. The lowest BCUT2D eigenvalue weighted by molar-refractivity contribution is -0.111. The lowest BCUT2D eigenvalue weighted by Gasteiger charge is -2.10. The van der Waals surface area contributed by atoms with E-state index in [0.717, 1.165) is 21.9 Å². The molecule has 0 atom stereocenters. The predicted octanol–water partition coefficient (Wildman–Crippen LogP) is 4.67. The molecule has 0 aliphatic carbocycles. The zero-order valence-corrected chi connectivity index (χ0v) is 20.8. The highest BCUT2D eigenvalue weighted by Crippen LogP contribution is 2.27. The SMILES string of the molecule is C=CC(=O)Nc1ccc(Sc2ccnc(Cc3cccc(S(=O)(=O)NCCC(C)C)c3)n2)cc1. The smallest absolute Gasteiger partial charge is 0.247 e. The van der Waals surface area contributed by atoms with Gasteiger partial charge in [0.2, 0.25) is 15.9 Å². The lowest BCUT2D eigenvalue weighted by Crippen LogP contribution is -2.25. The Labute approximate surface area is 205 Å². The van der Waals surface area contributed by atoms with Gasteiger partial charge in [-0.1, -0.05) is 44.3 Å². The van der Waals surface area contributed by atoms with Crippen LogP contribution in [0.25, 0.3) is 0 Å². The highest BCUT2D eigenvalue weighted by molar-refractivity contribution is 7.99. The van der Waals surface area contributed by atoms with Crippen LogP contribution in [0.5, 0.6) is 0 Å². The number of aromatic nitrogens is 2. The van der Waals surface area contributed by atoms with Crippen LogP contribution in [-0.2, 0) is 21.2 Å². The number of rotatable bonds is 11. The second-order valence-electron chi connectivity index (χ2n) is 8.04. The molecule has 178 valence electrons. The normalized spacial score (nSPS) is 11.4. The van der Waals surface area contributed by atoms with Crippen molar-refractivity contribution < 1.29 is 13.2 Å². The quantitative estimate of drug-likeness (QED) is 0.296. The molecule has 0 unspecified atom stereocenters. The summed E-state index contributed by atoms with van der Waals surface area (Å²) in [5, 5.41) is 3.48. The Kier molecular flexibility index (Phi) is 8.98. The van der Waals surface area contributed by atoms with Crippen molar-refractivity contribution >= 4 is 33.4 Å². The minimum Gasteiger partial charge on any atom is -0.323 e. The standard InChI is InChI=1S/C25H28N4O3S2/c1-4-24(30)28-20-8-10-21(11-9-20)33-25-13-14-26-23(29-25)17-19-6-5-7-22(16-19)34(31,32)27-15-12-18(2)3/h4-11,13-14,16,18,27H,1,12,15,17H2,2-3H3,(H,28,30). The molecule has 2 N–H and O–H groups in total. The van der Waals surface area contributed by atoms with Gasteiger partial charge in [0, 0.05) is 29.7 Å². The highest BCUT2D eigenvalue weighted by Gasteiger charge is 2.14. The van der Waals surface area contributed by atoms with Crippen LogP contribution < -0.4 is 10.0 Å². The molecule has 0 spiro atoms. The molecule has 0 aliphatic heterocycles. The van der Waals surface area contributed by atoms with Crippen LogP contribution in [0.3, 0.4) is 0 Å². The first-order valence-electron chi connectivity index (χ1n) is 10.9. The number of anilines is 1. The molecule has 1 amide bonds. The van der Waals surface area contributed by atoms with Crippen molar-refractivity contribution in [3.63, 3.8) is 0 Å². The first-order valence-corrected chi connectivity index (χ1v) is 13.2. The molecule has 3 rings (SSSR count). The molecule has 7 nitrogen and oxygen atoms in total. The fourth-order valence-electron chi connectivity index (χ4n) is 3.01. The van der Waals surface area contributed by atoms with E-state index in [1.165, 1.54) is 17.8 Å². The first-order chi connectivity index (χ1) is 16.2. The summed E-state index contributed by atoms with van der Waals surface area (Å²) in [5.41, 5.74) is 1.50. The maximum Gasteiger partial charge on any atom is 0.247 e. The van der Waals surface area contributed by atoms with Gasteiger partial charge < -0.3 is 5.32 Å². The Hall–Kier alpha value is -3.01. The van der Waals surface area contributed by atoms with Crippen molar-refractivity contribution in [3.8, 4) is 0 Å². The zero-order valence-electron chi connectivity index (χ0n) is 19.2. The van der Waals surface area contributed by atoms with E-state index in [4.69, 9.17) is 0 Å². The van der Waals surface area contributed by atoms with Crippen LogP contribution in [0.4, 0.5) is 5.69 Å². The topological polar surface area (TPSA) is 101 Å². The van der Waals surface area contributed by atoms with Crippen molar-refractivity contribution in [3.05, 3.63) is 84.8 Å². The number of carbonyl (C=O) groups is 1. The van der Waals surface area contributed by atoms with Crippen LogP contribution in [-0.4, -0.2) is 30.8 Å². The van der Waals surface area contributed by atoms with E-state index in [-0.39, 0.29) is 10.8 Å². The van der Waals surface area contributed by atoms with E-state index in [2.05, 4.69) is 40.4 Å². The minimum atomic E-state index is -3.56. The van der Waals surface area contributed by atoms with E-state index >= 15 is 0 Å². The van der Waals surface area contributed by atoms with Crippen LogP contribution in [0.1, 0.15) is 31.7 Å². The highest BCUT2D eigenvalue weighted by atomic mass is 32.2. The van der Waals surface area contributed by atoms with Crippen molar-refractivity contribution in [2.75, 3.05) is 11.9 Å². The number of sulfonamides is 1. The Morgan fingerprint density at radius 1 is 1.15 bits per heavy atom. The summed E-state index contributed by atoms with van der Waals surface area (Å²) in [4.78, 5) is 21.6. The van der Waals surface area contributed by atoms with Crippen LogP contribution in [0, 0.1) is 5.92 Å². The molecule has 9 heteroatoms. The molecule has 3 aromatic rings. The first kappa shape index (κ1) is 25.6. The van der Waals surface area contributed by atoms with Crippen LogP contribution >= 0.6 is 11.8 Å². The Bertz CT molecular complexity index is 1240. The molecule has 0 saturated carbocycles. The maximum atomic E-state index is 12.6. The molecule has 1 aromatic heterocycles. The van der Waals surface area contributed by atoms with E-state index in [1.807, 2.05) is 36.4 Å². The monoisotopic (exact) mass is 496 g/mol. The lowest BCUT2D eigenvalue weighted by atomic mass is 10.1. The fourth-order valence-corrected chi connectivity index (χ4v) is 4.92. The number of nitrogens with zero attached hydrogens (tertiary/aromatic N) is 2. The number of hydrogen-bond acceptors (Lipinski definition) is 6. The Balaban J connectivity index is 1.67. The molecule has 34 heavy (non-hydrogen) atoms. The van der Waals surface area contributed by atoms with Gasteiger partial charge in [0.1, 0.15) is 10.9 Å². The summed E-state index contributed by atoms with van der Waals surface area (Å²) in [6, 6.07) is 16.1. The predicted molar refractivity (Wildman–Crippen MR) is 135 cm³/mol. The molecule has 1 heterocycles. The number of carbonyl (C=O) groups excluding carboxylic acids is 1. The van der Waals surface area contributed by atoms with Gasteiger partial charge in [-0.15, -0.1) is 0 Å². The molecular weight excluding hydrogens is 468 g/mol. The van der Waals surface area contributed by atoms with Gasteiger partial charge in [-0.05, 0) is 66.4 Å². The second kappa shape index (κ2) is 11.9. The molecule has 0 fully saturated rings.